The van der Waals surface area contributed by atoms with E-state index < -0.39 is 18.2 Å². The van der Waals surface area contributed by atoms with Gasteiger partial charge in [-0.3, -0.25) is 4.79 Å². The SMILES string of the molecule is CC1(NC(=O)c2ccc(C3=NOC(c4cc(Cl)cc(Cl)c4)(C(F)(F)F)C3)c3ccccc23)CSC1. The average molecular weight is 539 g/mol. The van der Waals surface area contributed by atoms with Gasteiger partial charge in [-0.15, -0.1) is 0 Å². The number of fused-ring (bicyclic) bond motifs is 1. The number of amides is 1. The Morgan fingerprint density at radius 2 is 1.71 bits per heavy atom. The number of rotatable bonds is 4. The van der Waals surface area contributed by atoms with E-state index in [0.29, 0.717) is 21.9 Å². The summed E-state index contributed by atoms with van der Waals surface area (Å²) in [7, 11) is 0. The van der Waals surface area contributed by atoms with Gasteiger partial charge in [0.15, 0.2) is 0 Å². The largest absolute Gasteiger partial charge is 0.435 e. The molecule has 0 bridgehead atoms. The van der Waals surface area contributed by atoms with Crippen LogP contribution < -0.4 is 5.32 Å². The van der Waals surface area contributed by atoms with Gasteiger partial charge in [-0.25, -0.2) is 0 Å². The van der Waals surface area contributed by atoms with E-state index >= 15 is 0 Å². The highest BCUT2D eigenvalue weighted by Gasteiger charge is 2.62. The van der Waals surface area contributed by atoms with Gasteiger partial charge in [0.25, 0.3) is 11.5 Å². The van der Waals surface area contributed by atoms with E-state index in [4.69, 9.17) is 28.0 Å². The monoisotopic (exact) mass is 538 g/mol. The molecule has 5 rings (SSSR count). The molecule has 0 saturated carbocycles. The Morgan fingerprint density at radius 3 is 2.31 bits per heavy atom. The Labute approximate surface area is 213 Å². The lowest BCUT2D eigenvalue weighted by atomic mass is 9.85. The van der Waals surface area contributed by atoms with Crippen molar-refractivity contribution >= 4 is 57.4 Å². The van der Waals surface area contributed by atoms with E-state index in [9.17, 15) is 18.0 Å². The predicted molar refractivity (Wildman–Crippen MR) is 134 cm³/mol. The van der Waals surface area contributed by atoms with Crippen LogP contribution in [0.25, 0.3) is 10.8 Å². The number of carbonyl (C=O) groups excluding carboxylic acids is 1. The first-order valence-electron chi connectivity index (χ1n) is 10.7. The maximum absolute atomic E-state index is 14.4. The minimum absolute atomic E-state index is 0.0625. The number of nitrogens with zero attached hydrogens (tertiary/aromatic N) is 1. The van der Waals surface area contributed by atoms with E-state index in [1.54, 1.807) is 48.2 Å². The molecule has 35 heavy (non-hydrogen) atoms. The predicted octanol–water partition coefficient (Wildman–Crippen LogP) is 6.96. The number of carbonyl (C=O) groups is 1. The third-order valence-corrected chi connectivity index (χ3v) is 8.37. The van der Waals surface area contributed by atoms with Crippen molar-refractivity contribution in [2.45, 2.75) is 30.7 Å². The molecule has 2 heterocycles. The lowest BCUT2D eigenvalue weighted by Crippen LogP contribution is -2.55. The molecule has 1 atom stereocenters. The second kappa shape index (κ2) is 8.61. The van der Waals surface area contributed by atoms with Crippen molar-refractivity contribution in [2.24, 2.45) is 5.16 Å². The quantitative estimate of drug-likeness (QED) is 0.390. The van der Waals surface area contributed by atoms with E-state index in [2.05, 4.69) is 10.5 Å². The van der Waals surface area contributed by atoms with Crippen LogP contribution in [0.4, 0.5) is 13.2 Å². The van der Waals surface area contributed by atoms with E-state index in [1.807, 2.05) is 6.92 Å². The fraction of sp³-hybridized carbons (Fsp3) is 0.280. The summed E-state index contributed by atoms with van der Waals surface area (Å²) >= 11 is 13.7. The maximum Gasteiger partial charge on any atom is 0.435 e. The van der Waals surface area contributed by atoms with Crippen LogP contribution in [0.15, 0.2) is 59.8 Å². The van der Waals surface area contributed by atoms with Crippen molar-refractivity contribution < 1.29 is 22.8 Å². The summed E-state index contributed by atoms with van der Waals surface area (Å²) in [6.07, 6.45) is -5.36. The van der Waals surface area contributed by atoms with Gasteiger partial charge < -0.3 is 10.2 Å². The molecule has 2 aliphatic rings. The van der Waals surface area contributed by atoms with Crippen LogP contribution in [0, 0.1) is 0 Å². The van der Waals surface area contributed by atoms with Crippen molar-refractivity contribution in [3.8, 4) is 0 Å². The second-order valence-corrected chi connectivity index (χ2v) is 10.9. The lowest BCUT2D eigenvalue weighted by molar-refractivity contribution is -0.275. The summed E-state index contributed by atoms with van der Waals surface area (Å²) in [5.41, 5.74) is -2.20. The number of benzene rings is 3. The third-order valence-electron chi connectivity index (χ3n) is 6.25. The number of hydrogen-bond acceptors (Lipinski definition) is 4. The Morgan fingerprint density at radius 1 is 1.06 bits per heavy atom. The van der Waals surface area contributed by atoms with Gasteiger partial charge in [-0.2, -0.15) is 24.9 Å². The molecule has 0 aliphatic carbocycles. The molecule has 1 amide bonds. The van der Waals surface area contributed by atoms with Gasteiger partial charge >= 0.3 is 6.18 Å². The summed E-state index contributed by atoms with van der Waals surface area (Å²) in [6, 6.07) is 14.0. The fourth-order valence-electron chi connectivity index (χ4n) is 4.41. The Kier molecular flexibility index (Phi) is 5.97. The molecule has 1 N–H and O–H groups in total. The zero-order valence-electron chi connectivity index (χ0n) is 18.4. The molecule has 0 aromatic heterocycles. The van der Waals surface area contributed by atoms with E-state index in [0.717, 1.165) is 11.5 Å². The molecule has 0 radical (unpaired) electrons. The Balaban J connectivity index is 1.54. The first-order chi connectivity index (χ1) is 16.5. The fourth-order valence-corrected chi connectivity index (χ4v) is 5.89. The molecular weight excluding hydrogens is 520 g/mol. The highest BCUT2D eigenvalue weighted by Crippen LogP contribution is 2.50. The molecule has 0 spiro atoms. The summed E-state index contributed by atoms with van der Waals surface area (Å²) in [5.74, 6) is 1.43. The Hall–Kier alpha value is -2.42. The standard InChI is InChI=1S/C25H19Cl2F3N2O2S/c1-23(12-35-13-23)31-22(33)20-7-6-19(17-4-2-3-5-18(17)20)21-11-24(34-32-21,25(28,29)30)14-8-15(26)10-16(27)9-14/h2-10H,11-13H2,1H3,(H,31,33). The molecule has 3 aromatic carbocycles. The molecule has 10 heteroatoms. The van der Waals surface area contributed by atoms with Crippen LogP contribution in [-0.4, -0.2) is 34.8 Å². The van der Waals surface area contributed by atoms with E-state index in [1.165, 1.54) is 18.2 Å². The van der Waals surface area contributed by atoms with Crippen LogP contribution in [-0.2, 0) is 10.4 Å². The van der Waals surface area contributed by atoms with Crippen molar-refractivity contribution in [1.82, 2.24) is 5.32 Å². The van der Waals surface area contributed by atoms with Crippen molar-refractivity contribution in [3.05, 3.63) is 81.3 Å². The minimum Gasteiger partial charge on any atom is -0.374 e. The molecule has 1 fully saturated rings. The average Bonchev–Trinajstić information content (AvgIpc) is 3.23. The lowest BCUT2D eigenvalue weighted by Gasteiger charge is -2.38. The van der Waals surface area contributed by atoms with Crippen LogP contribution in [0.5, 0.6) is 0 Å². The molecule has 2 aliphatic heterocycles. The molecule has 4 nitrogen and oxygen atoms in total. The number of halogens is 5. The molecule has 182 valence electrons. The number of thioether (sulfide) groups is 1. The Bertz CT molecular complexity index is 1350. The van der Waals surface area contributed by atoms with Gasteiger partial charge in [0.05, 0.1) is 11.3 Å². The second-order valence-electron chi connectivity index (χ2n) is 9.00. The van der Waals surface area contributed by atoms with Crippen molar-refractivity contribution in [1.29, 1.82) is 0 Å². The van der Waals surface area contributed by atoms with Gasteiger partial charge in [-0.1, -0.05) is 58.7 Å². The normalized spacial score (nSPS) is 21.3. The summed E-state index contributed by atoms with van der Waals surface area (Å²) < 4.78 is 43.2. The highest BCUT2D eigenvalue weighted by molar-refractivity contribution is 8.00. The van der Waals surface area contributed by atoms with Gasteiger partial charge in [0.1, 0.15) is 0 Å². The molecule has 1 saturated heterocycles. The molecule has 3 aromatic rings. The molecular formula is C25H19Cl2F3N2O2S. The zero-order valence-corrected chi connectivity index (χ0v) is 20.7. The summed E-state index contributed by atoms with van der Waals surface area (Å²) in [4.78, 5) is 18.2. The smallest absolute Gasteiger partial charge is 0.374 e. The number of alkyl halides is 3. The molecule has 1 unspecified atom stereocenters. The summed E-state index contributed by atoms with van der Waals surface area (Å²) in [6.45, 7) is 1.99. The van der Waals surface area contributed by atoms with Gasteiger partial charge in [0, 0.05) is 44.7 Å². The van der Waals surface area contributed by atoms with Crippen LogP contribution in [0.1, 0.15) is 34.8 Å². The van der Waals surface area contributed by atoms with Gasteiger partial charge in [0.2, 0.25) is 0 Å². The van der Waals surface area contributed by atoms with Crippen LogP contribution >= 0.6 is 35.0 Å². The van der Waals surface area contributed by atoms with Crippen LogP contribution in [0.2, 0.25) is 10.0 Å². The number of hydrogen-bond donors (Lipinski definition) is 1. The maximum atomic E-state index is 14.4. The van der Waals surface area contributed by atoms with Crippen LogP contribution in [0.3, 0.4) is 0 Å². The summed E-state index contributed by atoms with van der Waals surface area (Å²) in [5, 5.41) is 8.30. The van der Waals surface area contributed by atoms with Gasteiger partial charge in [-0.05, 0) is 42.0 Å². The first-order valence-corrected chi connectivity index (χ1v) is 12.6. The zero-order chi connectivity index (χ0) is 25.0. The first kappa shape index (κ1) is 24.3. The number of oxime groups is 1. The van der Waals surface area contributed by atoms with Crippen molar-refractivity contribution in [2.75, 3.05) is 11.5 Å². The topological polar surface area (TPSA) is 50.7 Å². The highest BCUT2D eigenvalue weighted by atomic mass is 35.5. The van der Waals surface area contributed by atoms with Crippen molar-refractivity contribution in [3.63, 3.8) is 0 Å². The minimum atomic E-state index is -4.79. The third kappa shape index (κ3) is 4.26. The number of nitrogens with one attached hydrogen (secondary N) is 1. The van der Waals surface area contributed by atoms with E-state index in [-0.39, 0.29) is 32.8 Å².